The van der Waals surface area contributed by atoms with Crippen LogP contribution in [0.1, 0.15) is 56.3 Å². The number of hydrogen-bond donors (Lipinski definition) is 1. The van der Waals surface area contributed by atoms with Gasteiger partial charge in [-0.15, -0.1) is 0 Å². The van der Waals surface area contributed by atoms with Crippen LogP contribution in [-0.2, 0) is 0 Å². The molecule has 1 aromatic rings. The second-order valence-electron chi connectivity index (χ2n) is 8.04. The maximum absolute atomic E-state index is 12.7. The van der Waals surface area contributed by atoms with Gasteiger partial charge in [0.25, 0.3) is 5.91 Å². The molecule has 2 heterocycles. The summed E-state index contributed by atoms with van der Waals surface area (Å²) in [5.41, 5.74) is 0.623. The number of methoxy groups -OCH3 is 2. The average Bonchev–Trinajstić information content (AvgIpc) is 2.61. The second kappa shape index (κ2) is 8.30. The first kappa shape index (κ1) is 19.0. The molecule has 2 bridgehead atoms. The molecule has 2 saturated heterocycles. The smallest absolute Gasteiger partial charge is 0.251 e. The Kier molecular flexibility index (Phi) is 6.07. The van der Waals surface area contributed by atoms with E-state index in [-0.39, 0.29) is 11.9 Å². The van der Waals surface area contributed by atoms with E-state index in [4.69, 9.17) is 9.47 Å². The van der Waals surface area contributed by atoms with E-state index < -0.39 is 0 Å². The van der Waals surface area contributed by atoms with Gasteiger partial charge in [0.15, 0.2) is 11.5 Å². The number of piperidine rings is 2. The molecule has 0 saturated carbocycles. The average molecular weight is 360 g/mol. The van der Waals surface area contributed by atoms with Crippen molar-refractivity contribution in [2.45, 2.75) is 64.1 Å². The van der Waals surface area contributed by atoms with Gasteiger partial charge in [-0.25, -0.2) is 0 Å². The summed E-state index contributed by atoms with van der Waals surface area (Å²) in [5.74, 6) is 1.90. The molecule has 1 aromatic carbocycles. The number of rotatable bonds is 6. The lowest BCUT2D eigenvalue weighted by molar-refractivity contribution is 0.0158. The van der Waals surface area contributed by atoms with E-state index in [2.05, 4.69) is 24.1 Å². The first-order chi connectivity index (χ1) is 12.5. The van der Waals surface area contributed by atoms with Gasteiger partial charge in [-0.3, -0.25) is 9.69 Å². The fraction of sp³-hybridized carbons (Fsp3) is 0.667. The number of nitrogens with zero attached hydrogens (tertiary/aromatic N) is 1. The van der Waals surface area contributed by atoms with Gasteiger partial charge in [-0.1, -0.05) is 20.3 Å². The molecule has 5 nitrogen and oxygen atoms in total. The van der Waals surface area contributed by atoms with Crippen LogP contribution in [0.2, 0.25) is 0 Å². The van der Waals surface area contributed by atoms with Gasteiger partial charge < -0.3 is 14.8 Å². The highest BCUT2D eigenvalue weighted by molar-refractivity contribution is 5.95. The van der Waals surface area contributed by atoms with Gasteiger partial charge in [0.05, 0.1) is 14.2 Å². The second-order valence-corrected chi connectivity index (χ2v) is 8.04. The van der Waals surface area contributed by atoms with E-state index in [0.29, 0.717) is 35.1 Å². The quantitative estimate of drug-likeness (QED) is 0.844. The van der Waals surface area contributed by atoms with Gasteiger partial charge in [0.1, 0.15) is 0 Å². The maximum atomic E-state index is 12.7. The predicted molar refractivity (Wildman–Crippen MR) is 103 cm³/mol. The van der Waals surface area contributed by atoms with Gasteiger partial charge in [-0.05, 0) is 49.8 Å². The molecule has 0 aromatic heterocycles. The topological polar surface area (TPSA) is 50.8 Å². The molecule has 144 valence electrons. The molecule has 1 N–H and O–H groups in total. The van der Waals surface area contributed by atoms with Gasteiger partial charge in [0.2, 0.25) is 0 Å². The molecule has 26 heavy (non-hydrogen) atoms. The van der Waals surface area contributed by atoms with Crippen LogP contribution in [0, 0.1) is 5.92 Å². The van der Waals surface area contributed by atoms with E-state index in [1.807, 2.05) is 0 Å². The Bertz CT molecular complexity index is 618. The fourth-order valence-electron chi connectivity index (χ4n) is 4.56. The third-order valence-electron chi connectivity index (χ3n) is 5.68. The Hall–Kier alpha value is -1.75. The number of hydrogen-bond acceptors (Lipinski definition) is 4. The van der Waals surface area contributed by atoms with Crippen molar-refractivity contribution >= 4 is 5.91 Å². The predicted octanol–water partition coefficient (Wildman–Crippen LogP) is 3.48. The zero-order chi connectivity index (χ0) is 18.7. The molecule has 0 radical (unpaired) electrons. The normalized spacial score (nSPS) is 25.8. The van der Waals surface area contributed by atoms with Gasteiger partial charge in [-0.2, -0.15) is 0 Å². The van der Waals surface area contributed by atoms with E-state index >= 15 is 0 Å². The van der Waals surface area contributed by atoms with Gasteiger partial charge in [0, 0.05) is 30.2 Å². The zero-order valence-electron chi connectivity index (χ0n) is 16.5. The van der Waals surface area contributed by atoms with Crippen LogP contribution < -0.4 is 14.8 Å². The summed E-state index contributed by atoms with van der Waals surface area (Å²) in [4.78, 5) is 15.4. The number of fused-ring (bicyclic) bond motifs is 2. The molecule has 0 spiro atoms. The molecular weight excluding hydrogens is 328 g/mol. The van der Waals surface area contributed by atoms with Crippen molar-refractivity contribution in [2.75, 3.05) is 20.8 Å². The first-order valence-electron chi connectivity index (χ1n) is 9.80. The lowest BCUT2D eigenvalue weighted by atomic mass is 9.81. The minimum atomic E-state index is -0.0219. The minimum absolute atomic E-state index is 0.0219. The molecule has 0 aliphatic carbocycles. The summed E-state index contributed by atoms with van der Waals surface area (Å²) in [6.45, 7) is 5.76. The lowest BCUT2D eigenvalue weighted by Gasteiger charge is -2.49. The van der Waals surface area contributed by atoms with Crippen molar-refractivity contribution in [1.29, 1.82) is 0 Å². The minimum Gasteiger partial charge on any atom is -0.493 e. The third kappa shape index (κ3) is 4.14. The van der Waals surface area contributed by atoms with E-state index in [1.165, 1.54) is 25.8 Å². The van der Waals surface area contributed by atoms with Crippen molar-refractivity contribution in [3.05, 3.63) is 23.8 Å². The van der Waals surface area contributed by atoms with Gasteiger partial charge >= 0.3 is 0 Å². The Morgan fingerprint density at radius 1 is 1.15 bits per heavy atom. The zero-order valence-corrected chi connectivity index (χ0v) is 16.5. The molecular formula is C21H32N2O3. The SMILES string of the molecule is COc1ccc(C(=O)NC2C[C@H]3CCC[C@H](C2)N3CC(C)C)cc1OC. The number of nitrogens with one attached hydrogen (secondary N) is 1. The molecule has 2 aliphatic heterocycles. The summed E-state index contributed by atoms with van der Waals surface area (Å²) >= 11 is 0. The van der Waals surface area contributed by atoms with Crippen LogP contribution in [0.4, 0.5) is 0 Å². The van der Waals surface area contributed by atoms with Crippen LogP contribution in [0.3, 0.4) is 0 Å². The Labute approximate surface area is 157 Å². The number of amides is 1. The standard InChI is InChI=1S/C21H32N2O3/c1-14(2)13-23-17-6-5-7-18(23)12-16(11-17)22-21(24)15-8-9-19(25-3)20(10-15)26-4/h8-10,14,16-18H,5-7,11-13H2,1-4H3,(H,22,24)/t17-,18-/m1/s1. The molecule has 2 aliphatic rings. The molecule has 3 rings (SSSR count). The number of benzene rings is 1. The highest BCUT2D eigenvalue weighted by atomic mass is 16.5. The monoisotopic (exact) mass is 360 g/mol. The molecule has 5 heteroatoms. The summed E-state index contributed by atoms with van der Waals surface area (Å²) in [6.07, 6.45) is 5.95. The summed E-state index contributed by atoms with van der Waals surface area (Å²) in [7, 11) is 3.19. The van der Waals surface area contributed by atoms with Crippen molar-refractivity contribution in [3.8, 4) is 11.5 Å². The molecule has 1 amide bonds. The molecule has 2 fully saturated rings. The lowest BCUT2D eigenvalue weighted by Crippen LogP contribution is -2.57. The summed E-state index contributed by atoms with van der Waals surface area (Å²) < 4.78 is 10.6. The van der Waals surface area contributed by atoms with Crippen LogP contribution >= 0.6 is 0 Å². The van der Waals surface area contributed by atoms with Crippen molar-refractivity contribution < 1.29 is 14.3 Å². The number of carbonyl (C=O) groups excluding carboxylic acids is 1. The largest absolute Gasteiger partial charge is 0.493 e. The van der Waals surface area contributed by atoms with Crippen LogP contribution in [-0.4, -0.2) is 49.7 Å². The van der Waals surface area contributed by atoms with E-state index in [0.717, 1.165) is 12.8 Å². The highest BCUT2D eigenvalue weighted by Gasteiger charge is 2.38. The fourth-order valence-corrected chi connectivity index (χ4v) is 4.56. The van der Waals surface area contributed by atoms with Crippen molar-refractivity contribution in [1.82, 2.24) is 10.2 Å². The maximum Gasteiger partial charge on any atom is 0.251 e. The van der Waals surface area contributed by atoms with Crippen molar-refractivity contribution in [2.24, 2.45) is 5.92 Å². The van der Waals surface area contributed by atoms with E-state index in [9.17, 15) is 4.79 Å². The summed E-state index contributed by atoms with van der Waals surface area (Å²) in [6, 6.07) is 6.82. The summed E-state index contributed by atoms with van der Waals surface area (Å²) in [5, 5.41) is 3.26. The number of carbonyl (C=O) groups is 1. The van der Waals surface area contributed by atoms with Crippen LogP contribution in [0.25, 0.3) is 0 Å². The third-order valence-corrected chi connectivity index (χ3v) is 5.68. The Morgan fingerprint density at radius 2 is 1.81 bits per heavy atom. The molecule has 2 atom stereocenters. The van der Waals surface area contributed by atoms with Crippen LogP contribution in [0.15, 0.2) is 18.2 Å². The van der Waals surface area contributed by atoms with Crippen molar-refractivity contribution in [3.63, 3.8) is 0 Å². The molecule has 0 unspecified atom stereocenters. The van der Waals surface area contributed by atoms with Crippen LogP contribution in [0.5, 0.6) is 11.5 Å². The Balaban J connectivity index is 1.65. The van der Waals surface area contributed by atoms with E-state index in [1.54, 1.807) is 32.4 Å². The number of ether oxygens (including phenoxy) is 2. The highest BCUT2D eigenvalue weighted by Crippen LogP contribution is 2.35. The Morgan fingerprint density at radius 3 is 2.38 bits per heavy atom. The first-order valence-corrected chi connectivity index (χ1v) is 9.80.